The molecule has 112 valence electrons. The molecule has 0 N–H and O–H groups in total. The molecular weight excluding hydrogens is 262 g/mol. The molecule has 0 bridgehead atoms. The molecule has 3 nitrogen and oxygen atoms in total. The number of ketones is 1. The Balaban J connectivity index is 1.75. The molecule has 3 rings (SSSR count). The van der Waals surface area contributed by atoms with Crippen LogP contribution in [0.2, 0.25) is 0 Å². The van der Waals surface area contributed by atoms with E-state index in [1.807, 2.05) is 4.90 Å². The van der Waals surface area contributed by atoms with Gasteiger partial charge in [-0.05, 0) is 43.4 Å². The van der Waals surface area contributed by atoms with Crippen molar-refractivity contribution >= 4 is 17.4 Å². The van der Waals surface area contributed by atoms with E-state index in [0.717, 1.165) is 44.3 Å². The van der Waals surface area contributed by atoms with E-state index < -0.39 is 0 Å². The third-order valence-electron chi connectivity index (χ3n) is 5.06. The lowest BCUT2D eigenvalue weighted by Gasteiger charge is -2.31. The number of benzene rings is 1. The van der Waals surface area contributed by atoms with E-state index in [9.17, 15) is 9.59 Å². The van der Waals surface area contributed by atoms with Crippen molar-refractivity contribution in [3.05, 3.63) is 29.8 Å². The number of nitrogens with zero attached hydrogens (tertiary/aromatic N) is 1. The second-order valence-corrected chi connectivity index (χ2v) is 6.44. The Morgan fingerprint density at radius 2 is 1.71 bits per heavy atom. The van der Waals surface area contributed by atoms with E-state index in [0.29, 0.717) is 18.6 Å². The van der Waals surface area contributed by atoms with E-state index in [1.54, 1.807) is 0 Å². The van der Waals surface area contributed by atoms with Gasteiger partial charge in [-0.1, -0.05) is 25.5 Å². The minimum atomic E-state index is -0.254. The number of anilines is 1. The Hall–Kier alpha value is -1.64. The number of carbonyl (C=O) groups is 2. The smallest absolute Gasteiger partial charge is 0.233 e. The number of hydrogen-bond acceptors (Lipinski definition) is 2. The molecular formula is C18H23NO2. The van der Waals surface area contributed by atoms with Crippen LogP contribution in [0.5, 0.6) is 0 Å². The lowest BCUT2D eigenvalue weighted by atomic mass is 9.72. The van der Waals surface area contributed by atoms with Crippen LogP contribution in [0.3, 0.4) is 0 Å². The predicted octanol–water partition coefficient (Wildman–Crippen LogP) is 3.51. The molecule has 1 aliphatic carbocycles. The maximum Gasteiger partial charge on any atom is 0.233 e. The van der Waals surface area contributed by atoms with Gasteiger partial charge < -0.3 is 4.90 Å². The third kappa shape index (κ3) is 2.61. The molecule has 0 aromatic heterocycles. The number of hydrogen-bond donors (Lipinski definition) is 0. The minimum Gasteiger partial charge on any atom is -0.312 e. The van der Waals surface area contributed by atoms with Crippen LogP contribution in [-0.4, -0.2) is 18.2 Å². The summed E-state index contributed by atoms with van der Waals surface area (Å²) in [6.45, 7) is 2.96. The second-order valence-electron chi connectivity index (χ2n) is 6.44. The van der Waals surface area contributed by atoms with Gasteiger partial charge in [0.15, 0.2) is 0 Å². The Bertz CT molecular complexity index is 537. The Morgan fingerprint density at radius 1 is 1.05 bits per heavy atom. The normalized spacial score (nSPS) is 21.3. The first-order valence-corrected chi connectivity index (χ1v) is 8.07. The number of carbonyl (C=O) groups excluding carboxylic acids is 2. The van der Waals surface area contributed by atoms with Gasteiger partial charge in [0.1, 0.15) is 5.78 Å². The van der Waals surface area contributed by atoms with Crippen LogP contribution in [0, 0.1) is 5.41 Å². The standard InChI is InChI=1S/C18H23NO2/c1-2-3-14-4-6-15(7-5-14)19-13-12-18(17(19)21)10-8-16(20)9-11-18/h4-7H,2-3,8-13H2,1H3. The monoisotopic (exact) mass is 285 g/mol. The molecule has 3 heteroatoms. The molecule has 0 atom stereocenters. The van der Waals surface area contributed by atoms with Crippen molar-refractivity contribution in [3.8, 4) is 0 Å². The van der Waals surface area contributed by atoms with Crippen LogP contribution in [0.4, 0.5) is 5.69 Å². The first-order valence-electron chi connectivity index (χ1n) is 8.07. The van der Waals surface area contributed by atoms with Crippen molar-refractivity contribution in [1.29, 1.82) is 0 Å². The second kappa shape index (κ2) is 5.63. The lowest BCUT2D eigenvalue weighted by molar-refractivity contribution is -0.130. The van der Waals surface area contributed by atoms with E-state index >= 15 is 0 Å². The fourth-order valence-corrected chi connectivity index (χ4v) is 3.67. The zero-order chi connectivity index (χ0) is 14.9. The van der Waals surface area contributed by atoms with Gasteiger partial charge >= 0.3 is 0 Å². The van der Waals surface area contributed by atoms with Crippen molar-refractivity contribution in [2.45, 2.75) is 51.9 Å². The first-order chi connectivity index (χ1) is 10.1. The van der Waals surface area contributed by atoms with E-state index in [2.05, 4.69) is 31.2 Å². The summed E-state index contributed by atoms with van der Waals surface area (Å²) in [7, 11) is 0. The molecule has 1 saturated heterocycles. The molecule has 2 fully saturated rings. The van der Waals surface area contributed by atoms with E-state index in [-0.39, 0.29) is 11.3 Å². The van der Waals surface area contributed by atoms with Crippen LogP contribution in [0.1, 0.15) is 51.0 Å². The summed E-state index contributed by atoms with van der Waals surface area (Å²) in [4.78, 5) is 26.2. The fourth-order valence-electron chi connectivity index (χ4n) is 3.67. The summed E-state index contributed by atoms with van der Waals surface area (Å²) >= 11 is 0. The van der Waals surface area contributed by atoms with Crippen molar-refractivity contribution in [3.63, 3.8) is 0 Å². The van der Waals surface area contributed by atoms with Gasteiger partial charge in [0.05, 0.1) is 5.41 Å². The van der Waals surface area contributed by atoms with Gasteiger partial charge in [-0.2, -0.15) is 0 Å². The summed E-state index contributed by atoms with van der Waals surface area (Å²) in [5, 5.41) is 0. The lowest BCUT2D eigenvalue weighted by Crippen LogP contribution is -2.37. The number of Topliss-reactive ketones (excluding diaryl/α,β-unsaturated/α-hetero) is 1. The summed E-state index contributed by atoms with van der Waals surface area (Å²) in [6.07, 6.45) is 5.77. The Morgan fingerprint density at radius 3 is 2.33 bits per heavy atom. The highest BCUT2D eigenvalue weighted by atomic mass is 16.2. The molecule has 1 amide bonds. The molecule has 1 spiro atoms. The average Bonchev–Trinajstić information content (AvgIpc) is 2.81. The van der Waals surface area contributed by atoms with Crippen LogP contribution < -0.4 is 4.90 Å². The van der Waals surface area contributed by atoms with Crippen LogP contribution in [-0.2, 0) is 16.0 Å². The maximum absolute atomic E-state index is 12.8. The largest absolute Gasteiger partial charge is 0.312 e. The zero-order valence-electron chi connectivity index (χ0n) is 12.7. The topological polar surface area (TPSA) is 37.4 Å². The third-order valence-corrected chi connectivity index (χ3v) is 5.06. The van der Waals surface area contributed by atoms with Gasteiger partial charge in [-0.15, -0.1) is 0 Å². The number of rotatable bonds is 3. The van der Waals surface area contributed by atoms with Gasteiger partial charge in [0, 0.05) is 25.1 Å². The predicted molar refractivity (Wildman–Crippen MR) is 83.3 cm³/mol. The Kier molecular flexibility index (Phi) is 3.83. The Labute approximate surface area is 126 Å². The van der Waals surface area contributed by atoms with Gasteiger partial charge in [0.2, 0.25) is 5.91 Å². The van der Waals surface area contributed by atoms with Crippen LogP contribution in [0.25, 0.3) is 0 Å². The van der Waals surface area contributed by atoms with Crippen molar-refractivity contribution in [2.75, 3.05) is 11.4 Å². The van der Waals surface area contributed by atoms with Crippen molar-refractivity contribution in [2.24, 2.45) is 5.41 Å². The van der Waals surface area contributed by atoms with E-state index in [4.69, 9.17) is 0 Å². The van der Waals surface area contributed by atoms with Gasteiger partial charge in [-0.25, -0.2) is 0 Å². The fraction of sp³-hybridized carbons (Fsp3) is 0.556. The van der Waals surface area contributed by atoms with Gasteiger partial charge in [0.25, 0.3) is 0 Å². The minimum absolute atomic E-state index is 0.234. The first kappa shape index (κ1) is 14.3. The molecule has 2 aliphatic rings. The highest BCUT2D eigenvalue weighted by Gasteiger charge is 2.48. The molecule has 1 aromatic carbocycles. The highest BCUT2D eigenvalue weighted by molar-refractivity contribution is 6.01. The summed E-state index contributed by atoms with van der Waals surface area (Å²) in [5.74, 6) is 0.550. The molecule has 0 unspecified atom stereocenters. The highest BCUT2D eigenvalue weighted by Crippen LogP contribution is 2.45. The van der Waals surface area contributed by atoms with Crippen LogP contribution >= 0.6 is 0 Å². The zero-order valence-corrected chi connectivity index (χ0v) is 12.7. The molecule has 1 aliphatic heterocycles. The molecule has 21 heavy (non-hydrogen) atoms. The van der Waals surface area contributed by atoms with Crippen LogP contribution in [0.15, 0.2) is 24.3 Å². The maximum atomic E-state index is 12.8. The summed E-state index contributed by atoms with van der Waals surface area (Å²) in [6, 6.07) is 8.38. The quantitative estimate of drug-likeness (QED) is 0.852. The average molecular weight is 285 g/mol. The summed E-state index contributed by atoms with van der Waals surface area (Å²) in [5.41, 5.74) is 2.08. The molecule has 1 aromatic rings. The molecule has 0 radical (unpaired) electrons. The van der Waals surface area contributed by atoms with Crippen molar-refractivity contribution < 1.29 is 9.59 Å². The molecule has 1 saturated carbocycles. The SMILES string of the molecule is CCCc1ccc(N2CCC3(CCC(=O)CC3)C2=O)cc1. The van der Waals surface area contributed by atoms with Crippen molar-refractivity contribution in [1.82, 2.24) is 0 Å². The summed E-state index contributed by atoms with van der Waals surface area (Å²) < 4.78 is 0. The number of amides is 1. The molecule has 1 heterocycles. The van der Waals surface area contributed by atoms with Gasteiger partial charge in [-0.3, -0.25) is 9.59 Å². The van der Waals surface area contributed by atoms with E-state index in [1.165, 1.54) is 5.56 Å². The number of aryl methyl sites for hydroxylation is 1.